The lowest BCUT2D eigenvalue weighted by molar-refractivity contribution is 0.414. The van der Waals surface area contributed by atoms with Gasteiger partial charge >= 0.3 is 0 Å². The predicted molar refractivity (Wildman–Crippen MR) is 123 cm³/mol. The van der Waals surface area contributed by atoms with Crippen LogP contribution in [0.15, 0.2) is 103 Å². The van der Waals surface area contributed by atoms with E-state index in [0.717, 1.165) is 35.0 Å². The monoisotopic (exact) mass is 398 g/mol. The number of anilines is 2. The van der Waals surface area contributed by atoms with Crippen molar-refractivity contribution in [2.45, 2.75) is 12.0 Å². The van der Waals surface area contributed by atoms with Gasteiger partial charge in [-0.1, -0.05) is 42.5 Å². The van der Waals surface area contributed by atoms with E-state index in [-0.39, 0.29) is 5.54 Å². The summed E-state index contributed by atoms with van der Waals surface area (Å²) in [6.45, 7) is 0. The molecule has 0 bridgehead atoms. The number of benzene rings is 3. The Balaban J connectivity index is 1.56. The number of hydrogen-bond donors (Lipinski definition) is 2. The maximum atomic E-state index is 5.29. The Morgan fingerprint density at radius 2 is 1.33 bits per heavy atom. The first-order valence-electron chi connectivity index (χ1n) is 9.99. The molecule has 0 radical (unpaired) electrons. The van der Waals surface area contributed by atoms with Crippen LogP contribution in [0.5, 0.6) is 11.5 Å². The SMILES string of the molecule is COc1ccc(NC2=CCC(Nc3ccc(OC)cc3)(c3ccccc3)C=C2)cc1. The molecule has 4 heteroatoms. The highest BCUT2D eigenvalue weighted by Gasteiger charge is 2.30. The third-order valence-corrected chi connectivity index (χ3v) is 5.32. The van der Waals surface area contributed by atoms with Crippen molar-refractivity contribution in [2.24, 2.45) is 0 Å². The van der Waals surface area contributed by atoms with Gasteiger partial charge < -0.3 is 20.1 Å². The molecular weight excluding hydrogens is 372 g/mol. The molecule has 0 fully saturated rings. The van der Waals surface area contributed by atoms with Crippen molar-refractivity contribution in [3.8, 4) is 11.5 Å². The molecule has 152 valence electrons. The molecule has 0 amide bonds. The normalized spacial score (nSPS) is 17.7. The van der Waals surface area contributed by atoms with E-state index in [1.54, 1.807) is 14.2 Å². The number of rotatable bonds is 7. The molecule has 3 aromatic carbocycles. The average Bonchev–Trinajstić information content (AvgIpc) is 2.82. The molecule has 0 spiro atoms. The van der Waals surface area contributed by atoms with Crippen LogP contribution in [0.3, 0.4) is 0 Å². The number of allylic oxidation sites excluding steroid dienone is 1. The Morgan fingerprint density at radius 1 is 0.733 bits per heavy atom. The largest absolute Gasteiger partial charge is 0.497 e. The second-order valence-electron chi connectivity index (χ2n) is 7.24. The van der Waals surface area contributed by atoms with Gasteiger partial charge in [-0.05, 0) is 66.6 Å². The summed E-state index contributed by atoms with van der Waals surface area (Å²) >= 11 is 0. The zero-order valence-electron chi connectivity index (χ0n) is 17.3. The van der Waals surface area contributed by atoms with E-state index in [9.17, 15) is 0 Å². The van der Waals surface area contributed by atoms with Crippen molar-refractivity contribution in [3.63, 3.8) is 0 Å². The van der Waals surface area contributed by atoms with E-state index in [2.05, 4.69) is 53.1 Å². The molecule has 1 unspecified atom stereocenters. The van der Waals surface area contributed by atoms with Gasteiger partial charge in [0.05, 0.1) is 19.8 Å². The van der Waals surface area contributed by atoms with E-state index >= 15 is 0 Å². The molecule has 4 nitrogen and oxygen atoms in total. The molecule has 2 N–H and O–H groups in total. The Kier molecular flexibility index (Phi) is 5.75. The third kappa shape index (κ3) is 4.33. The van der Waals surface area contributed by atoms with Crippen molar-refractivity contribution in [1.29, 1.82) is 0 Å². The third-order valence-electron chi connectivity index (χ3n) is 5.32. The van der Waals surface area contributed by atoms with Gasteiger partial charge in [-0.25, -0.2) is 0 Å². The number of hydrogen-bond acceptors (Lipinski definition) is 4. The van der Waals surface area contributed by atoms with E-state index < -0.39 is 0 Å². The molecule has 1 atom stereocenters. The Labute approximate surface area is 177 Å². The minimum absolute atomic E-state index is 0.319. The minimum Gasteiger partial charge on any atom is -0.497 e. The summed E-state index contributed by atoms with van der Waals surface area (Å²) in [7, 11) is 3.35. The molecule has 30 heavy (non-hydrogen) atoms. The fourth-order valence-electron chi connectivity index (χ4n) is 3.62. The van der Waals surface area contributed by atoms with Crippen LogP contribution in [-0.4, -0.2) is 14.2 Å². The number of ether oxygens (including phenoxy) is 2. The fraction of sp³-hybridized carbons (Fsp3) is 0.154. The van der Waals surface area contributed by atoms with Crippen molar-refractivity contribution < 1.29 is 9.47 Å². The lowest BCUT2D eigenvalue weighted by Crippen LogP contribution is -2.34. The first kappa shape index (κ1) is 19.6. The molecule has 0 saturated heterocycles. The van der Waals surface area contributed by atoms with Crippen LogP contribution in [0.25, 0.3) is 0 Å². The maximum absolute atomic E-state index is 5.29. The number of nitrogens with one attached hydrogen (secondary N) is 2. The molecule has 0 heterocycles. The highest BCUT2D eigenvalue weighted by Crippen LogP contribution is 2.36. The highest BCUT2D eigenvalue weighted by atomic mass is 16.5. The summed E-state index contributed by atoms with van der Waals surface area (Å²) in [5.41, 5.74) is 4.05. The van der Waals surface area contributed by atoms with Crippen LogP contribution >= 0.6 is 0 Å². The van der Waals surface area contributed by atoms with E-state index in [1.807, 2.05) is 54.6 Å². The summed E-state index contributed by atoms with van der Waals surface area (Å²) in [4.78, 5) is 0. The molecule has 4 rings (SSSR count). The quantitative estimate of drug-likeness (QED) is 0.515. The topological polar surface area (TPSA) is 42.5 Å². The summed E-state index contributed by atoms with van der Waals surface area (Å²) < 4.78 is 10.5. The van der Waals surface area contributed by atoms with Gasteiger partial charge in [0, 0.05) is 17.1 Å². The maximum Gasteiger partial charge on any atom is 0.119 e. The predicted octanol–water partition coefficient (Wildman–Crippen LogP) is 5.97. The molecule has 0 aliphatic heterocycles. The zero-order chi connectivity index (χ0) is 20.8. The fourth-order valence-corrected chi connectivity index (χ4v) is 3.62. The molecule has 1 aliphatic carbocycles. The number of methoxy groups -OCH3 is 2. The Hall–Kier alpha value is -3.66. The van der Waals surface area contributed by atoms with Gasteiger partial charge in [0.25, 0.3) is 0 Å². The van der Waals surface area contributed by atoms with Crippen molar-refractivity contribution in [2.75, 3.05) is 24.9 Å². The summed E-state index contributed by atoms with van der Waals surface area (Å²) in [5.74, 6) is 1.69. The standard InChI is InChI=1S/C26H26N2O2/c1-29-24-12-8-21(9-13-24)27-22-16-18-26(19-17-22,20-6-4-3-5-7-20)28-23-10-14-25(30-2)15-11-23/h3-18,27-28H,19H2,1-2H3. The first-order valence-corrected chi connectivity index (χ1v) is 9.99. The van der Waals surface area contributed by atoms with E-state index in [0.29, 0.717) is 0 Å². The van der Waals surface area contributed by atoms with Crippen LogP contribution in [0.4, 0.5) is 11.4 Å². The zero-order valence-corrected chi connectivity index (χ0v) is 17.3. The van der Waals surface area contributed by atoms with Crippen molar-refractivity contribution in [3.05, 3.63) is 108 Å². The molecule has 3 aromatic rings. The van der Waals surface area contributed by atoms with Gasteiger partial charge in [0.2, 0.25) is 0 Å². The van der Waals surface area contributed by atoms with Crippen LogP contribution in [-0.2, 0) is 5.54 Å². The Bertz CT molecular complexity index is 1020. The lowest BCUT2D eigenvalue weighted by atomic mass is 9.83. The van der Waals surface area contributed by atoms with Crippen LogP contribution < -0.4 is 20.1 Å². The summed E-state index contributed by atoms with van der Waals surface area (Å²) in [5, 5.41) is 7.20. The second kappa shape index (κ2) is 8.78. The molecule has 0 aromatic heterocycles. The van der Waals surface area contributed by atoms with Crippen LogP contribution in [0, 0.1) is 0 Å². The van der Waals surface area contributed by atoms with Gasteiger partial charge in [-0.2, -0.15) is 0 Å². The first-order chi connectivity index (χ1) is 14.7. The smallest absolute Gasteiger partial charge is 0.119 e. The lowest BCUT2D eigenvalue weighted by Gasteiger charge is -2.35. The molecule has 0 saturated carbocycles. The van der Waals surface area contributed by atoms with Gasteiger partial charge in [0.1, 0.15) is 11.5 Å². The van der Waals surface area contributed by atoms with Crippen LogP contribution in [0.2, 0.25) is 0 Å². The van der Waals surface area contributed by atoms with Gasteiger partial charge in [-0.3, -0.25) is 0 Å². The van der Waals surface area contributed by atoms with E-state index in [4.69, 9.17) is 9.47 Å². The van der Waals surface area contributed by atoms with Crippen molar-refractivity contribution >= 4 is 11.4 Å². The second-order valence-corrected chi connectivity index (χ2v) is 7.24. The van der Waals surface area contributed by atoms with Gasteiger partial charge in [0.15, 0.2) is 0 Å². The van der Waals surface area contributed by atoms with Crippen LogP contribution in [0.1, 0.15) is 12.0 Å². The van der Waals surface area contributed by atoms with E-state index in [1.165, 1.54) is 5.56 Å². The summed E-state index contributed by atoms with van der Waals surface area (Å²) in [6, 6.07) is 26.5. The highest BCUT2D eigenvalue weighted by molar-refractivity contribution is 5.57. The average molecular weight is 399 g/mol. The summed E-state index contributed by atoms with van der Waals surface area (Å²) in [6.07, 6.45) is 7.42. The van der Waals surface area contributed by atoms with Crippen molar-refractivity contribution in [1.82, 2.24) is 0 Å². The minimum atomic E-state index is -0.319. The van der Waals surface area contributed by atoms with Gasteiger partial charge in [-0.15, -0.1) is 0 Å². The molecule has 1 aliphatic rings. The molecular formula is C26H26N2O2. The Morgan fingerprint density at radius 3 is 1.87 bits per heavy atom.